The number of benzene rings is 1. The third-order valence-corrected chi connectivity index (χ3v) is 4.01. The largest absolute Gasteiger partial charge is 0.384 e. The number of nitrogens with two attached hydrogens (primary N) is 1. The molecule has 1 heterocycles. The minimum Gasteiger partial charge on any atom is -0.384 e. The van der Waals surface area contributed by atoms with E-state index < -0.39 is 0 Å². The van der Waals surface area contributed by atoms with Crippen LogP contribution in [0.4, 0.5) is 5.69 Å². The van der Waals surface area contributed by atoms with Gasteiger partial charge in [0.25, 0.3) is 0 Å². The van der Waals surface area contributed by atoms with Gasteiger partial charge in [-0.15, -0.1) is 0 Å². The normalized spacial score (nSPS) is 19.7. The van der Waals surface area contributed by atoms with Gasteiger partial charge >= 0.3 is 0 Å². The lowest BCUT2D eigenvalue weighted by atomic mass is 9.98. The van der Waals surface area contributed by atoms with E-state index in [4.69, 9.17) is 22.1 Å². The van der Waals surface area contributed by atoms with Crippen LogP contribution in [0.3, 0.4) is 0 Å². The molecule has 2 N–H and O–H groups in total. The quantitative estimate of drug-likeness (QED) is 0.902. The number of hydrogen-bond acceptors (Lipinski definition) is 3. The third kappa shape index (κ3) is 3.85. The maximum absolute atomic E-state index is 6.41. The van der Waals surface area contributed by atoms with Gasteiger partial charge in [-0.25, -0.2) is 0 Å². The molecule has 0 bridgehead atoms. The summed E-state index contributed by atoms with van der Waals surface area (Å²) in [5, 5.41) is 0.837. The second-order valence-electron chi connectivity index (χ2n) is 5.23. The van der Waals surface area contributed by atoms with Crippen molar-refractivity contribution in [2.75, 3.05) is 38.3 Å². The highest BCUT2D eigenvalue weighted by Gasteiger charge is 2.21. The number of piperidine rings is 1. The molecule has 0 amide bonds. The summed E-state index contributed by atoms with van der Waals surface area (Å²) in [5.74, 6) is 0.610. The minimum absolute atomic E-state index is 0.610. The molecule has 0 spiro atoms. The zero-order valence-electron chi connectivity index (χ0n) is 11.6. The Balaban J connectivity index is 2.08. The van der Waals surface area contributed by atoms with Gasteiger partial charge in [-0.3, -0.25) is 0 Å². The van der Waals surface area contributed by atoms with Crippen molar-refractivity contribution in [2.24, 2.45) is 11.7 Å². The highest BCUT2D eigenvalue weighted by atomic mass is 35.5. The zero-order valence-corrected chi connectivity index (χ0v) is 12.3. The molecule has 4 heteroatoms. The van der Waals surface area contributed by atoms with Crippen LogP contribution in [0, 0.1) is 5.92 Å². The lowest BCUT2D eigenvalue weighted by Gasteiger charge is -2.34. The first kappa shape index (κ1) is 14.6. The highest BCUT2D eigenvalue weighted by molar-refractivity contribution is 6.33. The standard InChI is InChI=1S/C15H23ClN2O/c1-19-11-13-3-2-8-18(10-13)15-5-4-12(6-7-17)9-14(15)16/h4-5,9,13H,2-3,6-8,10-11,17H2,1H3. The Kier molecular flexibility index (Phi) is 5.49. The first-order chi connectivity index (χ1) is 9.24. The van der Waals surface area contributed by atoms with Crippen LogP contribution in [0.5, 0.6) is 0 Å². The summed E-state index contributed by atoms with van der Waals surface area (Å²) in [6, 6.07) is 6.31. The van der Waals surface area contributed by atoms with E-state index in [0.29, 0.717) is 12.5 Å². The molecule has 1 aliphatic rings. The summed E-state index contributed by atoms with van der Waals surface area (Å²) in [4.78, 5) is 2.38. The topological polar surface area (TPSA) is 38.5 Å². The second-order valence-corrected chi connectivity index (χ2v) is 5.64. The average Bonchev–Trinajstić information content (AvgIpc) is 2.40. The molecule has 0 aliphatic carbocycles. The lowest BCUT2D eigenvalue weighted by molar-refractivity contribution is 0.143. The summed E-state index contributed by atoms with van der Waals surface area (Å²) in [5.41, 5.74) is 7.93. The van der Waals surface area contributed by atoms with Gasteiger partial charge in [0.2, 0.25) is 0 Å². The van der Waals surface area contributed by atoms with E-state index in [-0.39, 0.29) is 0 Å². The van der Waals surface area contributed by atoms with Gasteiger partial charge in [-0.05, 0) is 49.4 Å². The molecular formula is C15H23ClN2O. The fraction of sp³-hybridized carbons (Fsp3) is 0.600. The molecule has 1 unspecified atom stereocenters. The number of methoxy groups -OCH3 is 1. The Morgan fingerprint density at radius 1 is 1.47 bits per heavy atom. The van der Waals surface area contributed by atoms with Crippen molar-refractivity contribution in [3.63, 3.8) is 0 Å². The molecule has 1 aromatic carbocycles. The Bertz CT molecular complexity index is 409. The van der Waals surface area contributed by atoms with E-state index in [2.05, 4.69) is 17.0 Å². The van der Waals surface area contributed by atoms with Crippen LogP contribution in [0.2, 0.25) is 5.02 Å². The molecule has 1 saturated heterocycles. The van der Waals surface area contributed by atoms with Crippen molar-refractivity contribution in [2.45, 2.75) is 19.3 Å². The predicted molar refractivity (Wildman–Crippen MR) is 81.0 cm³/mol. The average molecular weight is 283 g/mol. The van der Waals surface area contributed by atoms with Gasteiger partial charge in [0.1, 0.15) is 0 Å². The van der Waals surface area contributed by atoms with Gasteiger partial charge in [0.05, 0.1) is 17.3 Å². The molecule has 2 rings (SSSR count). The Labute approximate surface area is 120 Å². The number of rotatable bonds is 5. The van der Waals surface area contributed by atoms with Gasteiger partial charge in [-0.1, -0.05) is 17.7 Å². The molecule has 19 heavy (non-hydrogen) atoms. The Hall–Kier alpha value is -0.770. The van der Waals surface area contributed by atoms with Crippen molar-refractivity contribution in [3.05, 3.63) is 28.8 Å². The number of halogens is 1. The van der Waals surface area contributed by atoms with E-state index in [1.54, 1.807) is 7.11 Å². The number of ether oxygens (including phenoxy) is 1. The Morgan fingerprint density at radius 3 is 3.00 bits per heavy atom. The van der Waals surface area contributed by atoms with Crippen LogP contribution in [-0.2, 0) is 11.2 Å². The number of anilines is 1. The Morgan fingerprint density at radius 2 is 2.32 bits per heavy atom. The van der Waals surface area contributed by atoms with E-state index in [1.807, 2.05) is 6.07 Å². The van der Waals surface area contributed by atoms with Gasteiger partial charge in [0.15, 0.2) is 0 Å². The van der Waals surface area contributed by atoms with E-state index in [1.165, 1.54) is 18.4 Å². The van der Waals surface area contributed by atoms with Crippen LogP contribution >= 0.6 is 11.6 Å². The maximum atomic E-state index is 6.41. The summed E-state index contributed by atoms with van der Waals surface area (Å²) >= 11 is 6.41. The van der Waals surface area contributed by atoms with Gasteiger partial charge in [-0.2, -0.15) is 0 Å². The third-order valence-electron chi connectivity index (χ3n) is 3.71. The summed E-state index contributed by atoms with van der Waals surface area (Å²) in [7, 11) is 1.77. The fourth-order valence-electron chi connectivity index (χ4n) is 2.78. The minimum atomic E-state index is 0.610. The molecule has 0 saturated carbocycles. The molecule has 1 atom stereocenters. The van der Waals surface area contributed by atoms with Gasteiger partial charge < -0.3 is 15.4 Å². The van der Waals surface area contributed by atoms with E-state index >= 15 is 0 Å². The van der Waals surface area contributed by atoms with Crippen molar-refractivity contribution >= 4 is 17.3 Å². The molecule has 106 valence electrons. The van der Waals surface area contributed by atoms with Crippen LogP contribution < -0.4 is 10.6 Å². The number of hydrogen-bond donors (Lipinski definition) is 1. The van der Waals surface area contributed by atoms with Crippen molar-refractivity contribution < 1.29 is 4.74 Å². The molecule has 1 aromatic rings. The highest BCUT2D eigenvalue weighted by Crippen LogP contribution is 2.30. The summed E-state index contributed by atoms with van der Waals surface area (Å²) in [6.07, 6.45) is 3.33. The van der Waals surface area contributed by atoms with Crippen LogP contribution in [0.25, 0.3) is 0 Å². The zero-order chi connectivity index (χ0) is 13.7. The molecule has 1 fully saturated rings. The van der Waals surface area contributed by atoms with Crippen LogP contribution in [-0.4, -0.2) is 33.4 Å². The van der Waals surface area contributed by atoms with Crippen molar-refractivity contribution in [3.8, 4) is 0 Å². The fourth-order valence-corrected chi connectivity index (χ4v) is 3.11. The molecule has 1 aliphatic heterocycles. The van der Waals surface area contributed by atoms with E-state index in [0.717, 1.165) is 36.8 Å². The molecule has 0 aromatic heterocycles. The van der Waals surface area contributed by atoms with Gasteiger partial charge in [0, 0.05) is 20.2 Å². The molecule has 3 nitrogen and oxygen atoms in total. The smallest absolute Gasteiger partial charge is 0.0642 e. The van der Waals surface area contributed by atoms with Crippen LogP contribution in [0.15, 0.2) is 18.2 Å². The molecule has 0 radical (unpaired) electrons. The van der Waals surface area contributed by atoms with Crippen LogP contribution in [0.1, 0.15) is 18.4 Å². The SMILES string of the molecule is COCC1CCCN(c2ccc(CCN)cc2Cl)C1. The first-order valence-corrected chi connectivity index (χ1v) is 7.34. The second kappa shape index (κ2) is 7.13. The summed E-state index contributed by atoms with van der Waals surface area (Å²) in [6.45, 7) is 3.61. The predicted octanol–water partition coefficient (Wildman–Crippen LogP) is 2.70. The first-order valence-electron chi connectivity index (χ1n) is 6.97. The van der Waals surface area contributed by atoms with E-state index in [9.17, 15) is 0 Å². The maximum Gasteiger partial charge on any atom is 0.0642 e. The summed E-state index contributed by atoms with van der Waals surface area (Å²) < 4.78 is 5.27. The monoisotopic (exact) mass is 282 g/mol. The lowest BCUT2D eigenvalue weighted by Crippen LogP contribution is -2.37. The van der Waals surface area contributed by atoms with Crippen molar-refractivity contribution in [1.29, 1.82) is 0 Å². The van der Waals surface area contributed by atoms with Crippen molar-refractivity contribution in [1.82, 2.24) is 0 Å². The number of nitrogens with zero attached hydrogens (tertiary/aromatic N) is 1. The molecular weight excluding hydrogens is 260 g/mol.